The molecule has 0 heterocycles. The molecule has 0 fully saturated rings. The molecule has 96 valence electrons. The summed E-state index contributed by atoms with van der Waals surface area (Å²) in [6.07, 6.45) is 1.43. The zero-order valence-electron chi connectivity index (χ0n) is 10.1. The van der Waals surface area contributed by atoms with Gasteiger partial charge in [-0.15, -0.1) is 0 Å². The van der Waals surface area contributed by atoms with Crippen LogP contribution in [0.15, 0.2) is 0 Å². The van der Waals surface area contributed by atoms with Gasteiger partial charge in [-0.1, -0.05) is 6.92 Å². The van der Waals surface area contributed by atoms with E-state index in [9.17, 15) is 4.79 Å². The van der Waals surface area contributed by atoms with E-state index in [1.54, 1.807) is 13.8 Å². The first kappa shape index (κ1) is 15.8. The third kappa shape index (κ3) is 7.99. The smallest absolute Gasteiger partial charge is 0.309 e. The summed E-state index contributed by atoms with van der Waals surface area (Å²) >= 11 is 0. The lowest BCUT2D eigenvalue weighted by atomic mass is 9.90. The topological polar surface area (TPSA) is 65.0 Å². The van der Waals surface area contributed by atoms with Gasteiger partial charge in [-0.3, -0.25) is 4.79 Å². The van der Waals surface area contributed by atoms with Gasteiger partial charge in [0, 0.05) is 6.61 Å². The van der Waals surface area contributed by atoms with Crippen LogP contribution in [0.4, 0.5) is 0 Å². The van der Waals surface area contributed by atoms with Crippen LogP contribution >= 0.6 is 9.03 Å². The Morgan fingerprint density at radius 3 is 2.56 bits per heavy atom. The van der Waals surface area contributed by atoms with Crippen LogP contribution in [0.25, 0.3) is 0 Å². The average Bonchev–Trinajstić information content (AvgIpc) is 2.21. The molecule has 0 aliphatic carbocycles. The summed E-state index contributed by atoms with van der Waals surface area (Å²) in [5, 5.41) is 8.84. The highest BCUT2D eigenvalue weighted by atomic mass is 31.1. The van der Waals surface area contributed by atoms with Crippen LogP contribution < -0.4 is 0 Å². The summed E-state index contributed by atoms with van der Waals surface area (Å²) in [5.41, 5.74) is -0.747. The molecule has 5 nitrogen and oxygen atoms in total. The number of hydrogen-bond donors (Lipinski definition) is 1. The largest absolute Gasteiger partial charge is 0.481 e. The molecular formula is C10H21O5P. The van der Waals surface area contributed by atoms with Crippen LogP contribution in [0.2, 0.25) is 0 Å². The lowest BCUT2D eigenvalue weighted by molar-refractivity contribution is -0.147. The number of carboxylic acid groups (broad SMARTS) is 1. The molecule has 6 heteroatoms. The minimum Gasteiger partial charge on any atom is -0.481 e. The van der Waals surface area contributed by atoms with Crippen LogP contribution in [-0.4, -0.2) is 31.1 Å². The second-order valence-corrected chi connectivity index (χ2v) is 4.79. The summed E-state index contributed by atoms with van der Waals surface area (Å²) in [4.78, 5) is 10.8. The second-order valence-electron chi connectivity index (χ2n) is 4.04. The molecule has 0 rings (SSSR count). The lowest BCUT2D eigenvalue weighted by Gasteiger charge is -2.18. The molecule has 1 N–H and O–H groups in total. The van der Waals surface area contributed by atoms with E-state index in [0.717, 1.165) is 6.42 Å². The summed E-state index contributed by atoms with van der Waals surface area (Å²) in [5.74, 6) is -0.813. The molecule has 0 radical (unpaired) electrons. The van der Waals surface area contributed by atoms with E-state index in [4.69, 9.17) is 18.9 Å². The van der Waals surface area contributed by atoms with Crippen molar-refractivity contribution in [1.29, 1.82) is 0 Å². The summed E-state index contributed by atoms with van der Waals surface area (Å²) in [6.45, 7) is 6.66. The van der Waals surface area contributed by atoms with Gasteiger partial charge in [0.15, 0.2) is 15.8 Å². The standard InChI is InChI=1S/C10H21O5P/c1-4-6-13-8-15-16-14-7-5-10(2,3)9(11)12/h16H,4-8H2,1-3H3,(H,11,12). The van der Waals surface area contributed by atoms with Crippen molar-refractivity contribution in [2.75, 3.05) is 20.0 Å². The summed E-state index contributed by atoms with van der Waals surface area (Å²) < 4.78 is 15.3. The minimum absolute atomic E-state index is 0.0950. The first-order valence-corrected chi connectivity index (χ1v) is 6.12. The van der Waals surface area contributed by atoms with Crippen molar-refractivity contribution in [3.8, 4) is 0 Å². The van der Waals surface area contributed by atoms with Crippen LogP contribution in [0, 0.1) is 5.41 Å². The van der Waals surface area contributed by atoms with E-state index in [1.165, 1.54) is 0 Å². The van der Waals surface area contributed by atoms with E-state index < -0.39 is 11.4 Å². The normalized spacial score (nSPS) is 12.4. The highest BCUT2D eigenvalue weighted by molar-refractivity contribution is 7.26. The van der Waals surface area contributed by atoms with Crippen LogP contribution in [0.5, 0.6) is 0 Å². The summed E-state index contributed by atoms with van der Waals surface area (Å²) in [6, 6.07) is 0. The number of aliphatic carboxylic acids is 1. The van der Waals surface area contributed by atoms with Gasteiger partial charge in [0.05, 0.1) is 12.0 Å². The molecule has 0 aromatic carbocycles. The first-order valence-electron chi connectivity index (χ1n) is 5.30. The predicted octanol–water partition coefficient (Wildman–Crippen LogP) is 2.41. The average molecular weight is 252 g/mol. The van der Waals surface area contributed by atoms with Crippen molar-refractivity contribution in [3.63, 3.8) is 0 Å². The van der Waals surface area contributed by atoms with Gasteiger partial charge < -0.3 is 18.9 Å². The summed E-state index contributed by atoms with van der Waals surface area (Å²) in [7, 11) is -0.0950. The van der Waals surface area contributed by atoms with Gasteiger partial charge in [-0.05, 0) is 26.7 Å². The quantitative estimate of drug-likeness (QED) is 0.367. The molecule has 0 spiro atoms. The van der Waals surface area contributed by atoms with Crippen molar-refractivity contribution in [1.82, 2.24) is 0 Å². The Morgan fingerprint density at radius 2 is 2.00 bits per heavy atom. The second kappa shape index (κ2) is 8.88. The molecule has 0 aromatic rings. The van der Waals surface area contributed by atoms with Crippen molar-refractivity contribution in [2.24, 2.45) is 5.41 Å². The van der Waals surface area contributed by atoms with Gasteiger partial charge in [-0.25, -0.2) is 0 Å². The van der Waals surface area contributed by atoms with Crippen LogP contribution in [0.1, 0.15) is 33.6 Å². The molecule has 0 aromatic heterocycles. The van der Waals surface area contributed by atoms with E-state index >= 15 is 0 Å². The van der Waals surface area contributed by atoms with Gasteiger partial charge >= 0.3 is 5.97 Å². The number of carbonyl (C=O) groups is 1. The maximum atomic E-state index is 10.8. The SMILES string of the molecule is CCCOCOPOCCC(C)(C)C(=O)O. The lowest BCUT2D eigenvalue weighted by Crippen LogP contribution is -2.24. The molecule has 0 bridgehead atoms. The number of carboxylic acids is 1. The highest BCUT2D eigenvalue weighted by Gasteiger charge is 2.26. The molecule has 0 amide bonds. The van der Waals surface area contributed by atoms with Crippen molar-refractivity contribution < 1.29 is 23.7 Å². The third-order valence-corrected chi connectivity index (χ3v) is 2.57. The van der Waals surface area contributed by atoms with Gasteiger partial charge in [0.25, 0.3) is 0 Å². The minimum atomic E-state index is -0.813. The Balaban J connectivity index is 3.30. The van der Waals surface area contributed by atoms with Gasteiger partial charge in [0.2, 0.25) is 0 Å². The molecule has 0 aliphatic rings. The van der Waals surface area contributed by atoms with Gasteiger partial charge in [-0.2, -0.15) is 0 Å². The fourth-order valence-electron chi connectivity index (χ4n) is 0.765. The van der Waals surface area contributed by atoms with Crippen LogP contribution in [0.3, 0.4) is 0 Å². The Morgan fingerprint density at radius 1 is 1.31 bits per heavy atom. The number of hydrogen-bond acceptors (Lipinski definition) is 4. The number of rotatable bonds is 10. The van der Waals surface area contributed by atoms with E-state index in [0.29, 0.717) is 19.6 Å². The number of ether oxygens (including phenoxy) is 1. The molecule has 16 heavy (non-hydrogen) atoms. The molecule has 0 saturated heterocycles. The van der Waals surface area contributed by atoms with Crippen molar-refractivity contribution in [3.05, 3.63) is 0 Å². The zero-order chi connectivity index (χ0) is 12.4. The Kier molecular flexibility index (Phi) is 8.76. The van der Waals surface area contributed by atoms with Crippen molar-refractivity contribution in [2.45, 2.75) is 33.6 Å². The Bertz CT molecular complexity index is 196. The highest BCUT2D eigenvalue weighted by Crippen LogP contribution is 2.23. The molecular weight excluding hydrogens is 231 g/mol. The Hall–Kier alpha value is -0.220. The van der Waals surface area contributed by atoms with E-state index in [1.807, 2.05) is 6.92 Å². The molecule has 1 unspecified atom stereocenters. The maximum Gasteiger partial charge on any atom is 0.309 e. The van der Waals surface area contributed by atoms with Crippen LogP contribution in [-0.2, 0) is 18.6 Å². The molecule has 0 saturated carbocycles. The third-order valence-electron chi connectivity index (χ3n) is 2.02. The molecule has 1 atom stereocenters. The fraction of sp³-hybridized carbons (Fsp3) is 0.900. The fourth-order valence-corrected chi connectivity index (χ4v) is 1.17. The molecule has 0 aliphatic heterocycles. The Labute approximate surface area is 98.4 Å². The van der Waals surface area contributed by atoms with Gasteiger partial charge in [0.1, 0.15) is 0 Å². The predicted molar refractivity (Wildman–Crippen MR) is 62.5 cm³/mol. The van der Waals surface area contributed by atoms with E-state index in [-0.39, 0.29) is 15.8 Å². The van der Waals surface area contributed by atoms with E-state index in [2.05, 4.69) is 0 Å². The monoisotopic (exact) mass is 252 g/mol. The maximum absolute atomic E-state index is 10.8. The first-order chi connectivity index (χ1) is 7.50. The van der Waals surface area contributed by atoms with Crippen molar-refractivity contribution >= 4 is 15.0 Å². The zero-order valence-corrected chi connectivity index (χ0v) is 11.1.